The van der Waals surface area contributed by atoms with Crippen molar-refractivity contribution in [3.8, 4) is 0 Å². The lowest BCUT2D eigenvalue weighted by atomic mass is 10.0. The smallest absolute Gasteiger partial charge is 0.191 e. The maximum atomic E-state index is 5.73. The monoisotopic (exact) mass is 257 g/mol. The normalized spacial score (nSPS) is 24.3. The molecular formula is C13H27N3O2. The van der Waals surface area contributed by atoms with Crippen molar-refractivity contribution in [1.82, 2.24) is 10.6 Å². The molecule has 1 saturated heterocycles. The standard InChI is InChI=1S/C13H27N3O2/c1-4-17-9-6-8-15-12(14-3)16-11-13(2)7-5-10-18-13/h4-11H2,1-3H3,(H2,14,15,16). The van der Waals surface area contributed by atoms with Crippen molar-refractivity contribution < 1.29 is 9.47 Å². The van der Waals surface area contributed by atoms with E-state index in [0.717, 1.165) is 58.1 Å². The Bertz CT molecular complexity index is 251. The van der Waals surface area contributed by atoms with Crippen LogP contribution in [-0.4, -0.2) is 51.5 Å². The van der Waals surface area contributed by atoms with Crippen LogP contribution >= 0.6 is 0 Å². The number of hydrogen-bond donors (Lipinski definition) is 2. The summed E-state index contributed by atoms with van der Waals surface area (Å²) in [6.45, 7) is 8.28. The van der Waals surface area contributed by atoms with Crippen molar-refractivity contribution in [1.29, 1.82) is 0 Å². The zero-order valence-corrected chi connectivity index (χ0v) is 11.9. The number of aliphatic imine (C=N–C) groups is 1. The third kappa shape index (κ3) is 5.69. The van der Waals surface area contributed by atoms with Crippen LogP contribution in [0, 0.1) is 0 Å². The van der Waals surface area contributed by atoms with E-state index < -0.39 is 0 Å². The minimum absolute atomic E-state index is 0.0387. The van der Waals surface area contributed by atoms with Crippen LogP contribution in [0.1, 0.15) is 33.1 Å². The van der Waals surface area contributed by atoms with Crippen molar-refractivity contribution in [3.05, 3.63) is 0 Å². The average Bonchev–Trinajstić information content (AvgIpc) is 2.80. The molecule has 1 heterocycles. The molecule has 1 aliphatic heterocycles. The van der Waals surface area contributed by atoms with Crippen LogP contribution in [0.5, 0.6) is 0 Å². The van der Waals surface area contributed by atoms with E-state index in [0.29, 0.717) is 0 Å². The Kier molecular flexibility index (Phi) is 7.05. The van der Waals surface area contributed by atoms with Crippen molar-refractivity contribution in [2.45, 2.75) is 38.7 Å². The molecule has 0 amide bonds. The first-order valence-corrected chi connectivity index (χ1v) is 6.86. The van der Waals surface area contributed by atoms with Crippen LogP contribution in [0.2, 0.25) is 0 Å². The van der Waals surface area contributed by atoms with Gasteiger partial charge in [-0.1, -0.05) is 0 Å². The molecule has 1 rings (SSSR count). The summed E-state index contributed by atoms with van der Waals surface area (Å²) in [5, 5.41) is 6.59. The van der Waals surface area contributed by atoms with Gasteiger partial charge in [-0.25, -0.2) is 0 Å². The van der Waals surface area contributed by atoms with Crippen LogP contribution in [0.3, 0.4) is 0 Å². The lowest BCUT2D eigenvalue weighted by molar-refractivity contribution is 0.0242. The third-order valence-corrected chi connectivity index (χ3v) is 3.12. The van der Waals surface area contributed by atoms with Gasteiger partial charge in [-0.05, 0) is 33.1 Å². The number of guanidine groups is 1. The number of rotatable bonds is 7. The van der Waals surface area contributed by atoms with Crippen molar-refractivity contribution in [2.24, 2.45) is 4.99 Å². The first-order chi connectivity index (χ1) is 8.70. The Hall–Kier alpha value is -0.810. The van der Waals surface area contributed by atoms with Gasteiger partial charge in [0.15, 0.2) is 5.96 Å². The van der Waals surface area contributed by atoms with E-state index >= 15 is 0 Å². The van der Waals surface area contributed by atoms with Gasteiger partial charge in [-0.15, -0.1) is 0 Å². The zero-order chi connectivity index (χ0) is 13.3. The highest BCUT2D eigenvalue weighted by molar-refractivity contribution is 5.79. The van der Waals surface area contributed by atoms with Gasteiger partial charge in [0.05, 0.1) is 5.60 Å². The molecule has 5 nitrogen and oxygen atoms in total. The first-order valence-electron chi connectivity index (χ1n) is 6.86. The van der Waals surface area contributed by atoms with E-state index in [1.54, 1.807) is 7.05 Å². The number of hydrogen-bond acceptors (Lipinski definition) is 3. The predicted molar refractivity (Wildman–Crippen MR) is 74.1 cm³/mol. The Morgan fingerprint density at radius 2 is 2.28 bits per heavy atom. The summed E-state index contributed by atoms with van der Waals surface area (Å²) in [5.41, 5.74) is -0.0387. The Morgan fingerprint density at radius 1 is 1.44 bits per heavy atom. The van der Waals surface area contributed by atoms with Gasteiger partial charge in [0.1, 0.15) is 0 Å². The van der Waals surface area contributed by atoms with Crippen molar-refractivity contribution in [2.75, 3.05) is 40.0 Å². The molecule has 0 bridgehead atoms. The molecule has 0 saturated carbocycles. The molecule has 0 spiro atoms. The second kappa shape index (κ2) is 8.32. The fraction of sp³-hybridized carbons (Fsp3) is 0.923. The van der Waals surface area contributed by atoms with Crippen molar-refractivity contribution >= 4 is 5.96 Å². The molecule has 1 unspecified atom stereocenters. The summed E-state index contributed by atoms with van der Waals surface area (Å²) in [6, 6.07) is 0. The fourth-order valence-electron chi connectivity index (χ4n) is 1.99. The molecule has 0 aliphatic carbocycles. The summed E-state index contributed by atoms with van der Waals surface area (Å²) in [5.74, 6) is 0.836. The number of nitrogens with one attached hydrogen (secondary N) is 2. The highest BCUT2D eigenvalue weighted by Crippen LogP contribution is 2.23. The van der Waals surface area contributed by atoms with Gasteiger partial charge in [0.2, 0.25) is 0 Å². The molecule has 1 atom stereocenters. The second-order valence-corrected chi connectivity index (χ2v) is 4.80. The molecule has 0 aromatic rings. The quantitative estimate of drug-likeness (QED) is 0.408. The molecular weight excluding hydrogens is 230 g/mol. The van der Waals surface area contributed by atoms with Gasteiger partial charge in [-0.3, -0.25) is 4.99 Å². The summed E-state index contributed by atoms with van der Waals surface area (Å²) < 4.78 is 11.0. The van der Waals surface area contributed by atoms with Gasteiger partial charge >= 0.3 is 0 Å². The van der Waals surface area contributed by atoms with Gasteiger partial charge in [0.25, 0.3) is 0 Å². The molecule has 0 aromatic heterocycles. The molecule has 1 aliphatic rings. The highest BCUT2D eigenvalue weighted by Gasteiger charge is 2.29. The van der Waals surface area contributed by atoms with Gasteiger partial charge < -0.3 is 20.1 Å². The molecule has 2 N–H and O–H groups in total. The van der Waals surface area contributed by atoms with Gasteiger partial charge in [-0.2, -0.15) is 0 Å². The van der Waals surface area contributed by atoms with E-state index in [1.807, 2.05) is 6.92 Å². The van der Waals surface area contributed by atoms with E-state index in [4.69, 9.17) is 9.47 Å². The minimum atomic E-state index is -0.0387. The van der Waals surface area contributed by atoms with Gasteiger partial charge in [0, 0.05) is 40.0 Å². The average molecular weight is 257 g/mol. The Balaban J connectivity index is 2.13. The lowest BCUT2D eigenvalue weighted by Crippen LogP contribution is -2.45. The molecule has 1 fully saturated rings. The van der Waals surface area contributed by atoms with Crippen LogP contribution in [0.4, 0.5) is 0 Å². The Morgan fingerprint density at radius 3 is 2.89 bits per heavy atom. The summed E-state index contributed by atoms with van der Waals surface area (Å²) in [7, 11) is 1.79. The largest absolute Gasteiger partial charge is 0.382 e. The van der Waals surface area contributed by atoms with Crippen LogP contribution in [0.15, 0.2) is 4.99 Å². The molecule has 5 heteroatoms. The zero-order valence-electron chi connectivity index (χ0n) is 11.9. The maximum Gasteiger partial charge on any atom is 0.191 e. The van der Waals surface area contributed by atoms with E-state index in [1.165, 1.54) is 0 Å². The summed E-state index contributed by atoms with van der Waals surface area (Å²) >= 11 is 0. The summed E-state index contributed by atoms with van der Waals surface area (Å²) in [6.07, 6.45) is 3.25. The summed E-state index contributed by atoms with van der Waals surface area (Å²) in [4.78, 5) is 4.20. The second-order valence-electron chi connectivity index (χ2n) is 4.80. The van der Waals surface area contributed by atoms with Crippen molar-refractivity contribution in [3.63, 3.8) is 0 Å². The SMILES string of the molecule is CCOCCCNC(=NC)NCC1(C)CCCO1. The Labute approximate surface area is 110 Å². The van der Waals surface area contributed by atoms with Crippen LogP contribution in [0.25, 0.3) is 0 Å². The number of ether oxygens (including phenoxy) is 2. The van der Waals surface area contributed by atoms with Crippen LogP contribution < -0.4 is 10.6 Å². The van der Waals surface area contributed by atoms with E-state index in [2.05, 4.69) is 22.5 Å². The topological polar surface area (TPSA) is 54.9 Å². The maximum absolute atomic E-state index is 5.73. The van der Waals surface area contributed by atoms with E-state index in [9.17, 15) is 0 Å². The first kappa shape index (κ1) is 15.2. The molecule has 0 aromatic carbocycles. The molecule has 0 radical (unpaired) electrons. The van der Waals surface area contributed by atoms with Crippen LogP contribution in [-0.2, 0) is 9.47 Å². The fourth-order valence-corrected chi connectivity index (χ4v) is 1.99. The van der Waals surface area contributed by atoms with E-state index in [-0.39, 0.29) is 5.60 Å². The lowest BCUT2D eigenvalue weighted by Gasteiger charge is -2.24. The predicted octanol–water partition coefficient (Wildman–Crippen LogP) is 1.15. The minimum Gasteiger partial charge on any atom is -0.382 e. The third-order valence-electron chi connectivity index (χ3n) is 3.12. The number of nitrogens with zero attached hydrogens (tertiary/aromatic N) is 1. The molecule has 106 valence electrons. The molecule has 18 heavy (non-hydrogen) atoms. The highest BCUT2D eigenvalue weighted by atomic mass is 16.5.